The second-order valence-corrected chi connectivity index (χ2v) is 6.91. The average Bonchev–Trinajstić information content (AvgIpc) is 3.07. The zero-order valence-corrected chi connectivity index (χ0v) is 15.1. The third-order valence-corrected chi connectivity index (χ3v) is 4.57. The van der Waals surface area contributed by atoms with Crippen molar-refractivity contribution >= 4 is 11.9 Å². The number of likely N-dealkylation sites (tertiary alicyclic amines) is 1. The number of rotatable bonds is 7. The smallest absolute Gasteiger partial charge is 0.328 e. The molecule has 0 aliphatic carbocycles. The zero-order chi connectivity index (χ0) is 17.5. The maximum atomic E-state index is 12.7. The third-order valence-electron chi connectivity index (χ3n) is 4.57. The van der Waals surface area contributed by atoms with Gasteiger partial charge >= 0.3 is 5.97 Å². The lowest BCUT2D eigenvalue weighted by Gasteiger charge is -2.23. The number of hydrogen-bond acceptors (Lipinski definition) is 3. The number of ether oxygens (including phenoxy) is 1. The van der Waals surface area contributed by atoms with Gasteiger partial charge in [0.1, 0.15) is 6.04 Å². The molecule has 132 valence electrons. The largest absolute Gasteiger partial charge is 0.464 e. The van der Waals surface area contributed by atoms with Gasteiger partial charge in [-0.15, -0.1) is 0 Å². The first-order valence-corrected chi connectivity index (χ1v) is 9.09. The van der Waals surface area contributed by atoms with Crippen molar-refractivity contribution in [2.45, 2.75) is 58.9 Å². The zero-order valence-electron chi connectivity index (χ0n) is 15.1. The molecule has 0 N–H and O–H groups in total. The van der Waals surface area contributed by atoms with Gasteiger partial charge in [-0.3, -0.25) is 4.79 Å². The molecule has 4 heteroatoms. The van der Waals surface area contributed by atoms with E-state index in [1.165, 1.54) is 5.56 Å². The van der Waals surface area contributed by atoms with Crippen LogP contribution in [0.5, 0.6) is 0 Å². The van der Waals surface area contributed by atoms with Crippen LogP contribution in [-0.2, 0) is 16.0 Å². The van der Waals surface area contributed by atoms with Gasteiger partial charge in [-0.1, -0.05) is 32.9 Å². The van der Waals surface area contributed by atoms with Crippen LogP contribution in [0.25, 0.3) is 0 Å². The van der Waals surface area contributed by atoms with Gasteiger partial charge in [-0.2, -0.15) is 0 Å². The molecule has 1 unspecified atom stereocenters. The Morgan fingerprint density at radius 3 is 2.58 bits per heavy atom. The van der Waals surface area contributed by atoms with Crippen LogP contribution in [0.1, 0.15) is 62.4 Å². The Bertz CT molecular complexity index is 551. The lowest BCUT2D eigenvalue weighted by Crippen LogP contribution is -2.41. The second kappa shape index (κ2) is 8.86. The van der Waals surface area contributed by atoms with Crippen molar-refractivity contribution in [3.8, 4) is 0 Å². The van der Waals surface area contributed by atoms with Crippen LogP contribution in [0.3, 0.4) is 0 Å². The fourth-order valence-electron chi connectivity index (χ4n) is 3.06. The second-order valence-electron chi connectivity index (χ2n) is 6.91. The van der Waals surface area contributed by atoms with Crippen LogP contribution in [0.2, 0.25) is 0 Å². The molecule has 0 radical (unpaired) electrons. The molecule has 1 heterocycles. The number of carbonyl (C=O) groups is 2. The molecule has 1 aliphatic heterocycles. The van der Waals surface area contributed by atoms with E-state index >= 15 is 0 Å². The van der Waals surface area contributed by atoms with Crippen LogP contribution < -0.4 is 0 Å². The molecular weight excluding hydrogens is 302 g/mol. The molecule has 0 bridgehead atoms. The summed E-state index contributed by atoms with van der Waals surface area (Å²) in [4.78, 5) is 26.7. The van der Waals surface area contributed by atoms with Crippen LogP contribution in [0, 0.1) is 5.92 Å². The molecule has 1 fully saturated rings. The van der Waals surface area contributed by atoms with Gasteiger partial charge in [0.05, 0.1) is 6.61 Å². The highest BCUT2D eigenvalue weighted by molar-refractivity contribution is 5.97. The molecule has 4 nitrogen and oxygen atoms in total. The highest BCUT2D eigenvalue weighted by atomic mass is 16.5. The number of amides is 1. The van der Waals surface area contributed by atoms with E-state index in [0.717, 1.165) is 25.7 Å². The first-order chi connectivity index (χ1) is 11.5. The van der Waals surface area contributed by atoms with Gasteiger partial charge in [-0.25, -0.2) is 4.79 Å². The van der Waals surface area contributed by atoms with E-state index in [1.54, 1.807) is 4.90 Å². The first kappa shape index (κ1) is 18.5. The summed E-state index contributed by atoms with van der Waals surface area (Å²) in [7, 11) is 0. The SMILES string of the molecule is CCc1ccc(C(=O)N2CCCC2C(=O)OCCCC(C)C)cc1. The summed E-state index contributed by atoms with van der Waals surface area (Å²) >= 11 is 0. The highest BCUT2D eigenvalue weighted by Gasteiger charge is 2.35. The Balaban J connectivity index is 1.93. The van der Waals surface area contributed by atoms with Crippen LogP contribution in [0.4, 0.5) is 0 Å². The summed E-state index contributed by atoms with van der Waals surface area (Å²) in [6.45, 7) is 7.47. The van der Waals surface area contributed by atoms with Crippen LogP contribution >= 0.6 is 0 Å². The van der Waals surface area contributed by atoms with Gasteiger partial charge in [0, 0.05) is 12.1 Å². The maximum absolute atomic E-state index is 12.7. The number of carbonyl (C=O) groups excluding carboxylic acids is 2. The molecule has 0 spiro atoms. The third kappa shape index (κ3) is 4.83. The van der Waals surface area contributed by atoms with E-state index in [2.05, 4.69) is 20.8 Å². The summed E-state index contributed by atoms with van der Waals surface area (Å²) < 4.78 is 5.40. The van der Waals surface area contributed by atoms with E-state index in [4.69, 9.17) is 4.74 Å². The summed E-state index contributed by atoms with van der Waals surface area (Å²) in [6.07, 6.45) is 4.42. The average molecular weight is 331 g/mol. The number of nitrogens with zero attached hydrogens (tertiary/aromatic N) is 1. The molecule has 1 aromatic carbocycles. The van der Waals surface area contributed by atoms with Crippen LogP contribution in [-0.4, -0.2) is 36.0 Å². The molecule has 1 aliphatic rings. The lowest BCUT2D eigenvalue weighted by molar-refractivity contribution is -0.148. The van der Waals surface area contributed by atoms with Crippen molar-refractivity contribution in [1.29, 1.82) is 0 Å². The lowest BCUT2D eigenvalue weighted by atomic mass is 10.1. The van der Waals surface area contributed by atoms with Gasteiger partial charge in [0.2, 0.25) is 0 Å². The quantitative estimate of drug-likeness (QED) is 0.563. The summed E-state index contributed by atoms with van der Waals surface area (Å²) in [6, 6.07) is 7.22. The minimum absolute atomic E-state index is 0.0701. The number of aryl methyl sites for hydroxylation is 1. The minimum Gasteiger partial charge on any atom is -0.464 e. The topological polar surface area (TPSA) is 46.6 Å². The first-order valence-electron chi connectivity index (χ1n) is 9.09. The number of esters is 1. The van der Waals surface area contributed by atoms with Crippen molar-refractivity contribution in [1.82, 2.24) is 4.90 Å². The van der Waals surface area contributed by atoms with Crippen LogP contribution in [0.15, 0.2) is 24.3 Å². The predicted octanol–water partition coefficient (Wildman–Crippen LogP) is 3.83. The van der Waals surface area contributed by atoms with Gasteiger partial charge < -0.3 is 9.64 Å². The molecular formula is C20H29NO3. The Hall–Kier alpha value is -1.84. The summed E-state index contributed by atoms with van der Waals surface area (Å²) in [5.74, 6) is 0.286. The fraction of sp³-hybridized carbons (Fsp3) is 0.600. The Kier molecular flexibility index (Phi) is 6.83. The van der Waals surface area contributed by atoms with Crippen molar-refractivity contribution in [2.75, 3.05) is 13.2 Å². The normalized spacial score (nSPS) is 17.3. The highest BCUT2D eigenvalue weighted by Crippen LogP contribution is 2.22. The minimum atomic E-state index is -0.428. The van der Waals surface area contributed by atoms with Gasteiger partial charge in [0.25, 0.3) is 5.91 Å². The monoisotopic (exact) mass is 331 g/mol. The molecule has 0 saturated carbocycles. The molecule has 24 heavy (non-hydrogen) atoms. The van der Waals surface area contributed by atoms with Gasteiger partial charge in [-0.05, 0) is 55.7 Å². The Morgan fingerprint density at radius 2 is 1.96 bits per heavy atom. The van der Waals surface area contributed by atoms with E-state index in [9.17, 15) is 9.59 Å². The standard InChI is InChI=1S/C20H29NO3/c1-4-16-9-11-17(12-10-16)19(22)21-13-5-8-18(21)20(23)24-14-6-7-15(2)3/h9-12,15,18H,4-8,13-14H2,1-3H3. The number of benzene rings is 1. The van der Waals surface area contributed by atoms with Crippen molar-refractivity contribution in [3.05, 3.63) is 35.4 Å². The number of hydrogen-bond donors (Lipinski definition) is 0. The maximum Gasteiger partial charge on any atom is 0.328 e. The van der Waals surface area contributed by atoms with Crippen molar-refractivity contribution in [3.63, 3.8) is 0 Å². The summed E-state index contributed by atoms with van der Waals surface area (Å²) in [5, 5.41) is 0. The van der Waals surface area contributed by atoms with Crippen molar-refractivity contribution in [2.24, 2.45) is 5.92 Å². The van der Waals surface area contributed by atoms with Crippen molar-refractivity contribution < 1.29 is 14.3 Å². The molecule has 1 aromatic rings. The van der Waals surface area contributed by atoms with E-state index in [1.807, 2.05) is 24.3 Å². The fourth-order valence-corrected chi connectivity index (χ4v) is 3.06. The summed E-state index contributed by atoms with van der Waals surface area (Å²) in [5.41, 5.74) is 1.85. The van der Waals surface area contributed by atoms with E-state index in [0.29, 0.717) is 31.1 Å². The molecule has 1 amide bonds. The van der Waals surface area contributed by atoms with Gasteiger partial charge in [0.15, 0.2) is 0 Å². The Labute approximate surface area is 145 Å². The molecule has 1 saturated heterocycles. The predicted molar refractivity (Wildman–Crippen MR) is 94.9 cm³/mol. The molecule has 2 rings (SSSR count). The Morgan fingerprint density at radius 1 is 1.25 bits per heavy atom. The molecule has 1 atom stereocenters. The molecule has 0 aromatic heterocycles. The van der Waals surface area contributed by atoms with E-state index < -0.39 is 6.04 Å². The van der Waals surface area contributed by atoms with E-state index in [-0.39, 0.29) is 11.9 Å².